The zero-order valence-corrected chi connectivity index (χ0v) is 15.1. The van der Waals surface area contributed by atoms with Gasteiger partial charge in [0.15, 0.2) is 0 Å². The fraction of sp³-hybridized carbons (Fsp3) is 0.350. The Morgan fingerprint density at radius 2 is 1.80 bits per heavy atom. The molecule has 0 radical (unpaired) electrons. The SMILES string of the molecule is CCCc1cc(-c2nc(-c3cc(C)c(O)c(CC)c3)no2)cc(C)n1. The van der Waals surface area contributed by atoms with Gasteiger partial charge in [0, 0.05) is 22.5 Å². The minimum absolute atomic E-state index is 0.337. The van der Waals surface area contributed by atoms with Crippen LogP contribution in [-0.4, -0.2) is 20.2 Å². The predicted octanol–water partition coefficient (Wildman–Crippen LogP) is 4.64. The summed E-state index contributed by atoms with van der Waals surface area (Å²) in [5, 5.41) is 14.2. The summed E-state index contributed by atoms with van der Waals surface area (Å²) >= 11 is 0. The second kappa shape index (κ2) is 7.05. The van der Waals surface area contributed by atoms with E-state index in [1.165, 1.54) is 0 Å². The number of rotatable bonds is 5. The maximum absolute atomic E-state index is 10.1. The Morgan fingerprint density at radius 3 is 2.52 bits per heavy atom. The summed E-state index contributed by atoms with van der Waals surface area (Å²) in [7, 11) is 0. The number of aryl methyl sites for hydroxylation is 4. The molecule has 3 aromatic rings. The second-order valence-corrected chi connectivity index (χ2v) is 6.32. The number of nitrogens with zero attached hydrogens (tertiary/aromatic N) is 3. The van der Waals surface area contributed by atoms with Crippen LogP contribution in [0, 0.1) is 13.8 Å². The third-order valence-electron chi connectivity index (χ3n) is 4.20. The van der Waals surface area contributed by atoms with E-state index in [1.807, 2.05) is 45.0 Å². The van der Waals surface area contributed by atoms with Crippen molar-refractivity contribution in [2.75, 3.05) is 0 Å². The van der Waals surface area contributed by atoms with E-state index in [-0.39, 0.29) is 0 Å². The highest BCUT2D eigenvalue weighted by molar-refractivity contribution is 5.63. The second-order valence-electron chi connectivity index (χ2n) is 6.32. The van der Waals surface area contributed by atoms with Gasteiger partial charge >= 0.3 is 0 Å². The van der Waals surface area contributed by atoms with Crippen LogP contribution in [-0.2, 0) is 12.8 Å². The Labute approximate surface area is 147 Å². The summed E-state index contributed by atoms with van der Waals surface area (Å²) in [5.74, 6) is 1.35. The third-order valence-corrected chi connectivity index (χ3v) is 4.20. The lowest BCUT2D eigenvalue weighted by atomic mass is 10.0. The van der Waals surface area contributed by atoms with Gasteiger partial charge in [0.2, 0.25) is 5.82 Å². The molecule has 0 aliphatic carbocycles. The van der Waals surface area contributed by atoms with Gasteiger partial charge in [-0.1, -0.05) is 25.4 Å². The first-order chi connectivity index (χ1) is 12.0. The molecule has 2 aromatic heterocycles. The third kappa shape index (κ3) is 3.55. The van der Waals surface area contributed by atoms with Crippen LogP contribution in [0.3, 0.4) is 0 Å². The number of phenols is 1. The molecular formula is C20H23N3O2. The summed E-state index contributed by atoms with van der Waals surface area (Å²) < 4.78 is 5.49. The van der Waals surface area contributed by atoms with Crippen molar-refractivity contribution in [2.24, 2.45) is 0 Å². The lowest BCUT2D eigenvalue weighted by Gasteiger charge is -2.07. The molecule has 0 amide bonds. The first-order valence-electron chi connectivity index (χ1n) is 8.66. The van der Waals surface area contributed by atoms with Crippen molar-refractivity contribution in [2.45, 2.75) is 47.0 Å². The molecule has 2 heterocycles. The number of pyridine rings is 1. The summed E-state index contributed by atoms with van der Waals surface area (Å²) in [6.45, 7) is 7.99. The topological polar surface area (TPSA) is 72.0 Å². The Morgan fingerprint density at radius 1 is 1.00 bits per heavy atom. The van der Waals surface area contributed by atoms with E-state index in [2.05, 4.69) is 22.0 Å². The molecule has 0 fully saturated rings. The lowest BCUT2D eigenvalue weighted by Crippen LogP contribution is -1.93. The van der Waals surface area contributed by atoms with Gasteiger partial charge in [-0.3, -0.25) is 4.98 Å². The van der Waals surface area contributed by atoms with E-state index in [0.29, 0.717) is 17.5 Å². The van der Waals surface area contributed by atoms with Gasteiger partial charge in [-0.2, -0.15) is 4.98 Å². The fourth-order valence-electron chi connectivity index (χ4n) is 2.95. The molecule has 0 atom stereocenters. The maximum Gasteiger partial charge on any atom is 0.258 e. The van der Waals surface area contributed by atoms with Crippen molar-refractivity contribution in [3.63, 3.8) is 0 Å². The Balaban J connectivity index is 2.00. The Kier molecular flexibility index (Phi) is 4.83. The van der Waals surface area contributed by atoms with Gasteiger partial charge < -0.3 is 9.63 Å². The van der Waals surface area contributed by atoms with Crippen molar-refractivity contribution in [1.82, 2.24) is 15.1 Å². The van der Waals surface area contributed by atoms with Crippen LogP contribution in [0.4, 0.5) is 0 Å². The largest absolute Gasteiger partial charge is 0.507 e. The van der Waals surface area contributed by atoms with Crippen LogP contribution < -0.4 is 0 Å². The summed E-state index contributed by atoms with van der Waals surface area (Å²) in [6, 6.07) is 7.75. The normalized spacial score (nSPS) is 11.0. The molecule has 3 rings (SSSR count). The molecular weight excluding hydrogens is 314 g/mol. The van der Waals surface area contributed by atoms with Crippen molar-refractivity contribution < 1.29 is 9.63 Å². The van der Waals surface area contributed by atoms with E-state index < -0.39 is 0 Å². The molecule has 0 unspecified atom stereocenters. The molecule has 25 heavy (non-hydrogen) atoms. The van der Waals surface area contributed by atoms with Crippen molar-refractivity contribution in [1.29, 1.82) is 0 Å². The molecule has 1 aromatic carbocycles. The number of hydrogen-bond donors (Lipinski definition) is 1. The van der Waals surface area contributed by atoms with Crippen LogP contribution in [0.5, 0.6) is 5.75 Å². The molecule has 0 spiro atoms. The van der Waals surface area contributed by atoms with Crippen molar-refractivity contribution >= 4 is 0 Å². The van der Waals surface area contributed by atoms with E-state index in [1.54, 1.807) is 0 Å². The summed E-state index contributed by atoms with van der Waals surface area (Å²) in [5.41, 5.74) is 5.40. The average Bonchev–Trinajstić information content (AvgIpc) is 3.07. The highest BCUT2D eigenvalue weighted by Crippen LogP contribution is 2.30. The fourth-order valence-corrected chi connectivity index (χ4v) is 2.95. The van der Waals surface area contributed by atoms with Gasteiger partial charge in [0.05, 0.1) is 0 Å². The quantitative estimate of drug-likeness (QED) is 0.734. The zero-order chi connectivity index (χ0) is 18.0. The van der Waals surface area contributed by atoms with E-state index >= 15 is 0 Å². The highest BCUT2D eigenvalue weighted by Gasteiger charge is 2.15. The van der Waals surface area contributed by atoms with E-state index in [0.717, 1.165) is 52.9 Å². The van der Waals surface area contributed by atoms with Crippen LogP contribution in [0.15, 0.2) is 28.8 Å². The minimum atomic E-state index is 0.337. The molecule has 0 bridgehead atoms. The Bertz CT molecular complexity index is 900. The number of phenolic OH excluding ortho intramolecular Hbond substituents is 1. The van der Waals surface area contributed by atoms with Gasteiger partial charge in [0.25, 0.3) is 5.89 Å². The summed E-state index contributed by atoms with van der Waals surface area (Å²) in [6.07, 6.45) is 2.71. The van der Waals surface area contributed by atoms with Gasteiger partial charge in [0.1, 0.15) is 5.75 Å². The molecule has 0 aliphatic rings. The number of benzene rings is 1. The lowest BCUT2D eigenvalue weighted by molar-refractivity contribution is 0.432. The van der Waals surface area contributed by atoms with Crippen molar-refractivity contribution in [3.8, 4) is 28.6 Å². The van der Waals surface area contributed by atoms with Gasteiger partial charge in [-0.25, -0.2) is 0 Å². The van der Waals surface area contributed by atoms with Crippen LogP contribution in [0.2, 0.25) is 0 Å². The summed E-state index contributed by atoms with van der Waals surface area (Å²) in [4.78, 5) is 9.09. The number of aromatic nitrogens is 3. The van der Waals surface area contributed by atoms with Crippen molar-refractivity contribution in [3.05, 3.63) is 46.8 Å². The smallest absolute Gasteiger partial charge is 0.258 e. The molecule has 130 valence electrons. The Hall–Kier alpha value is -2.69. The molecule has 5 heteroatoms. The first-order valence-corrected chi connectivity index (χ1v) is 8.66. The van der Waals surface area contributed by atoms with Crippen LogP contribution >= 0.6 is 0 Å². The molecule has 5 nitrogen and oxygen atoms in total. The number of hydrogen-bond acceptors (Lipinski definition) is 5. The number of aromatic hydroxyl groups is 1. The molecule has 0 aliphatic heterocycles. The minimum Gasteiger partial charge on any atom is -0.507 e. The van der Waals surface area contributed by atoms with E-state index in [4.69, 9.17) is 4.52 Å². The average molecular weight is 337 g/mol. The van der Waals surface area contributed by atoms with E-state index in [9.17, 15) is 5.11 Å². The van der Waals surface area contributed by atoms with Gasteiger partial charge in [-0.15, -0.1) is 0 Å². The van der Waals surface area contributed by atoms with Crippen LogP contribution in [0.1, 0.15) is 42.8 Å². The molecule has 1 N–H and O–H groups in total. The van der Waals surface area contributed by atoms with Crippen LogP contribution in [0.25, 0.3) is 22.8 Å². The molecule has 0 saturated heterocycles. The highest BCUT2D eigenvalue weighted by atomic mass is 16.5. The predicted molar refractivity (Wildman–Crippen MR) is 97.5 cm³/mol. The maximum atomic E-state index is 10.1. The van der Waals surface area contributed by atoms with Gasteiger partial charge in [-0.05, 0) is 62.1 Å². The monoisotopic (exact) mass is 337 g/mol. The molecule has 0 saturated carbocycles. The zero-order valence-electron chi connectivity index (χ0n) is 15.1. The first kappa shape index (κ1) is 17.1. The standard InChI is InChI=1S/C20H23N3O2/c1-5-7-17-11-16(9-13(4)21-17)20-22-19(23-25-20)15-8-12(3)18(24)14(6-2)10-15/h8-11,24H,5-7H2,1-4H3.